The highest BCUT2D eigenvalue weighted by Gasteiger charge is 2.54. The number of fused-ring (bicyclic) bond motifs is 1. The van der Waals surface area contributed by atoms with Crippen LogP contribution < -0.4 is 10.1 Å². The molecule has 0 radical (unpaired) electrons. The van der Waals surface area contributed by atoms with Gasteiger partial charge >= 0.3 is 5.97 Å². The SMILES string of the molecule is COc1ccc(COC(=O)C2=C(/C=C\c3ccc(CCl)cc3)CS[C@@H]3[C@H](NC(=O)Cc4ccccc4)C(=O)N23)cc1. The summed E-state index contributed by atoms with van der Waals surface area (Å²) < 4.78 is 10.9. The van der Waals surface area contributed by atoms with Crippen LogP contribution in [0.3, 0.4) is 0 Å². The molecule has 0 bridgehead atoms. The molecule has 2 aliphatic rings. The molecule has 1 N–H and O–H groups in total. The molecule has 3 aromatic carbocycles. The van der Waals surface area contributed by atoms with Crippen LogP contribution in [0.2, 0.25) is 0 Å². The number of allylic oxidation sites excluding steroid dienone is 1. The third kappa shape index (κ3) is 6.66. The standard InChI is InChI=1S/C32H29ClN2O5S/c1-39-26-15-12-24(13-16-26)19-40-32(38)29-25(14-11-21-7-9-23(18-33)10-8-21)20-41-31-28(30(37)35(29)31)34-27(36)17-22-5-3-2-4-6-22/h2-16,28,31H,17-20H2,1H3,(H,34,36)/b14-11-/t28-,31-/m1/s1. The topological polar surface area (TPSA) is 84.9 Å². The Bertz CT molecular complexity index is 1470. The summed E-state index contributed by atoms with van der Waals surface area (Å²) >= 11 is 7.41. The second-order valence-corrected chi connectivity index (χ2v) is 11.0. The van der Waals surface area contributed by atoms with Gasteiger partial charge in [0.05, 0.1) is 13.5 Å². The van der Waals surface area contributed by atoms with Crippen LogP contribution in [0.5, 0.6) is 5.75 Å². The van der Waals surface area contributed by atoms with E-state index in [2.05, 4.69) is 5.32 Å². The number of methoxy groups -OCH3 is 1. The number of benzene rings is 3. The molecule has 2 heterocycles. The molecule has 1 fully saturated rings. The van der Waals surface area contributed by atoms with Crippen molar-refractivity contribution in [2.45, 2.75) is 30.3 Å². The van der Waals surface area contributed by atoms with Gasteiger partial charge in [-0.1, -0.05) is 78.9 Å². The lowest BCUT2D eigenvalue weighted by atomic mass is 10.0. The molecule has 0 saturated carbocycles. The molecule has 210 valence electrons. The van der Waals surface area contributed by atoms with E-state index in [-0.39, 0.29) is 30.5 Å². The van der Waals surface area contributed by atoms with Crippen molar-refractivity contribution in [2.24, 2.45) is 0 Å². The monoisotopic (exact) mass is 588 g/mol. The molecule has 5 rings (SSSR count). The van der Waals surface area contributed by atoms with Crippen LogP contribution >= 0.6 is 23.4 Å². The van der Waals surface area contributed by atoms with Crippen molar-refractivity contribution in [3.05, 3.63) is 118 Å². The minimum atomic E-state index is -0.714. The molecule has 0 spiro atoms. The van der Waals surface area contributed by atoms with Crippen LogP contribution in [0, 0.1) is 0 Å². The molecule has 41 heavy (non-hydrogen) atoms. The van der Waals surface area contributed by atoms with E-state index in [4.69, 9.17) is 21.1 Å². The van der Waals surface area contributed by atoms with Crippen molar-refractivity contribution >= 4 is 47.2 Å². The van der Waals surface area contributed by atoms with Gasteiger partial charge in [0.1, 0.15) is 29.5 Å². The van der Waals surface area contributed by atoms with E-state index in [0.29, 0.717) is 23.0 Å². The van der Waals surface area contributed by atoms with Gasteiger partial charge in [0.2, 0.25) is 5.91 Å². The predicted molar refractivity (Wildman–Crippen MR) is 160 cm³/mol. The maximum atomic E-state index is 13.5. The number of ether oxygens (including phenoxy) is 2. The van der Waals surface area contributed by atoms with Gasteiger partial charge in [-0.25, -0.2) is 4.79 Å². The molecule has 0 unspecified atom stereocenters. The van der Waals surface area contributed by atoms with Gasteiger partial charge < -0.3 is 14.8 Å². The van der Waals surface area contributed by atoms with E-state index >= 15 is 0 Å². The first-order valence-electron chi connectivity index (χ1n) is 13.1. The number of hydrogen-bond acceptors (Lipinski definition) is 6. The first-order chi connectivity index (χ1) is 20.0. The highest BCUT2D eigenvalue weighted by molar-refractivity contribution is 8.00. The molecule has 3 aromatic rings. The summed E-state index contributed by atoms with van der Waals surface area (Å²) in [5.41, 5.74) is 4.47. The Morgan fingerprint density at radius 2 is 1.68 bits per heavy atom. The third-order valence-electron chi connectivity index (χ3n) is 6.86. The highest BCUT2D eigenvalue weighted by atomic mass is 35.5. The minimum absolute atomic E-state index is 0.0420. The lowest BCUT2D eigenvalue weighted by Crippen LogP contribution is -2.70. The molecular formula is C32H29ClN2O5S. The average molecular weight is 589 g/mol. The summed E-state index contributed by atoms with van der Waals surface area (Å²) in [5.74, 6) is 0.435. The van der Waals surface area contributed by atoms with Gasteiger partial charge in [0.25, 0.3) is 5.91 Å². The Kier molecular flexibility index (Phi) is 9.11. The molecular weight excluding hydrogens is 560 g/mol. The number of nitrogens with zero attached hydrogens (tertiary/aromatic N) is 1. The number of thioether (sulfide) groups is 1. The number of amides is 2. The highest BCUT2D eigenvalue weighted by Crippen LogP contribution is 2.41. The second kappa shape index (κ2) is 13.1. The summed E-state index contributed by atoms with van der Waals surface area (Å²) in [7, 11) is 1.59. The van der Waals surface area contributed by atoms with E-state index < -0.39 is 17.4 Å². The molecule has 2 aliphatic heterocycles. The largest absolute Gasteiger partial charge is 0.497 e. The van der Waals surface area contributed by atoms with Crippen LogP contribution in [0.25, 0.3) is 6.08 Å². The smallest absolute Gasteiger partial charge is 0.355 e. The fraction of sp³-hybridized carbons (Fsp3) is 0.219. The van der Waals surface area contributed by atoms with Crippen LogP contribution in [0.15, 0.2) is 96.2 Å². The van der Waals surface area contributed by atoms with Crippen molar-refractivity contribution in [2.75, 3.05) is 12.9 Å². The van der Waals surface area contributed by atoms with E-state index in [1.54, 1.807) is 19.2 Å². The number of halogens is 1. The zero-order valence-corrected chi connectivity index (χ0v) is 24.0. The summed E-state index contributed by atoms with van der Waals surface area (Å²) in [6.07, 6.45) is 3.91. The third-order valence-corrected chi connectivity index (χ3v) is 8.47. The van der Waals surface area contributed by atoms with Gasteiger partial charge in [-0.2, -0.15) is 0 Å². The molecule has 0 aromatic heterocycles. The molecule has 2 atom stereocenters. The summed E-state index contributed by atoms with van der Waals surface area (Å²) in [6.45, 7) is 0.0420. The predicted octanol–water partition coefficient (Wildman–Crippen LogP) is 5.09. The maximum absolute atomic E-state index is 13.5. The number of alkyl halides is 1. The lowest BCUT2D eigenvalue weighted by Gasteiger charge is -2.49. The number of carbonyl (C=O) groups is 3. The molecule has 2 amide bonds. The van der Waals surface area contributed by atoms with Gasteiger partial charge in [0, 0.05) is 11.6 Å². The zero-order chi connectivity index (χ0) is 28.8. The van der Waals surface area contributed by atoms with Crippen molar-refractivity contribution < 1.29 is 23.9 Å². The fourth-order valence-electron chi connectivity index (χ4n) is 4.62. The van der Waals surface area contributed by atoms with Gasteiger partial charge in [-0.05, 0) is 40.0 Å². The summed E-state index contributed by atoms with van der Waals surface area (Å²) in [5, 5.41) is 2.46. The summed E-state index contributed by atoms with van der Waals surface area (Å²) in [6, 6.07) is 23.6. The number of rotatable bonds is 10. The summed E-state index contributed by atoms with van der Waals surface area (Å²) in [4.78, 5) is 41.0. The first-order valence-corrected chi connectivity index (χ1v) is 14.7. The Morgan fingerprint density at radius 1 is 0.976 bits per heavy atom. The van der Waals surface area contributed by atoms with E-state index in [1.807, 2.05) is 78.9 Å². The van der Waals surface area contributed by atoms with E-state index in [9.17, 15) is 14.4 Å². The van der Waals surface area contributed by atoms with E-state index in [1.165, 1.54) is 16.7 Å². The Balaban J connectivity index is 1.34. The van der Waals surface area contributed by atoms with E-state index in [0.717, 1.165) is 22.3 Å². The van der Waals surface area contributed by atoms with Crippen molar-refractivity contribution in [3.8, 4) is 5.75 Å². The van der Waals surface area contributed by atoms with Gasteiger partial charge in [-0.15, -0.1) is 23.4 Å². The van der Waals surface area contributed by atoms with Crippen molar-refractivity contribution in [1.29, 1.82) is 0 Å². The van der Waals surface area contributed by atoms with Crippen LogP contribution in [0.4, 0.5) is 0 Å². The molecule has 0 aliphatic carbocycles. The molecule has 1 saturated heterocycles. The fourth-order valence-corrected chi connectivity index (χ4v) is 6.12. The quantitative estimate of drug-likeness (QED) is 0.202. The first kappa shape index (κ1) is 28.5. The lowest BCUT2D eigenvalue weighted by molar-refractivity contribution is -0.153. The Hall–Kier alpha value is -4.01. The molecule has 7 nitrogen and oxygen atoms in total. The second-order valence-electron chi connectivity index (χ2n) is 9.62. The number of β-lactam (4-membered cyclic amide) rings is 1. The number of carbonyl (C=O) groups excluding carboxylic acids is 3. The van der Waals surface area contributed by atoms with Crippen LogP contribution in [-0.2, 0) is 38.0 Å². The normalized spacial score (nSPS) is 18.1. The van der Waals surface area contributed by atoms with Crippen molar-refractivity contribution in [1.82, 2.24) is 10.2 Å². The number of esters is 1. The Morgan fingerprint density at radius 3 is 2.37 bits per heavy atom. The average Bonchev–Trinajstić information content (AvgIpc) is 3.02. The van der Waals surface area contributed by atoms with Crippen LogP contribution in [-0.4, -0.2) is 47.0 Å². The Labute approximate surface area is 248 Å². The minimum Gasteiger partial charge on any atom is -0.497 e. The number of hydrogen-bond donors (Lipinski definition) is 1. The molecule has 9 heteroatoms. The van der Waals surface area contributed by atoms with Crippen molar-refractivity contribution in [3.63, 3.8) is 0 Å². The van der Waals surface area contributed by atoms with Gasteiger partial charge in [-0.3, -0.25) is 14.5 Å². The number of nitrogens with one attached hydrogen (secondary N) is 1. The zero-order valence-electron chi connectivity index (χ0n) is 22.4. The van der Waals surface area contributed by atoms with Gasteiger partial charge in [0.15, 0.2) is 0 Å². The maximum Gasteiger partial charge on any atom is 0.355 e. The van der Waals surface area contributed by atoms with Crippen LogP contribution in [0.1, 0.15) is 22.3 Å².